The molecule has 0 fully saturated rings. The van der Waals surface area contributed by atoms with Crippen LogP contribution in [0.4, 0.5) is 4.39 Å². The molecule has 0 bridgehead atoms. The second kappa shape index (κ2) is 8.39. The quantitative estimate of drug-likeness (QED) is 0.654. The van der Waals surface area contributed by atoms with Crippen LogP contribution in [0.1, 0.15) is 11.1 Å². The predicted molar refractivity (Wildman–Crippen MR) is 89.8 cm³/mol. The van der Waals surface area contributed by atoms with Crippen LogP contribution in [0.5, 0.6) is 0 Å². The predicted octanol–water partition coefficient (Wildman–Crippen LogP) is 3.39. The first-order valence-electron chi connectivity index (χ1n) is 7.11. The molecule has 5 heteroatoms. The molecule has 0 aliphatic carbocycles. The molecule has 0 aromatic heterocycles. The molecule has 0 saturated heterocycles. The normalized spacial score (nSPS) is 11.3. The van der Waals surface area contributed by atoms with Crippen LogP contribution in [0.15, 0.2) is 53.5 Å². The maximum atomic E-state index is 13.1. The van der Waals surface area contributed by atoms with Crippen molar-refractivity contribution in [2.24, 2.45) is 4.99 Å². The van der Waals surface area contributed by atoms with E-state index in [0.717, 1.165) is 23.6 Å². The van der Waals surface area contributed by atoms with Crippen LogP contribution in [-0.2, 0) is 13.0 Å². The van der Waals surface area contributed by atoms with Crippen LogP contribution >= 0.6 is 11.6 Å². The molecule has 0 saturated carbocycles. The Balaban J connectivity index is 1.78. The fourth-order valence-electron chi connectivity index (χ4n) is 2.07. The Labute approximate surface area is 135 Å². The van der Waals surface area contributed by atoms with E-state index >= 15 is 0 Å². The highest BCUT2D eigenvalue weighted by molar-refractivity contribution is 6.30. The highest BCUT2D eigenvalue weighted by Gasteiger charge is 2.00. The van der Waals surface area contributed by atoms with Gasteiger partial charge in [0.05, 0.1) is 0 Å². The largest absolute Gasteiger partial charge is 0.356 e. The maximum absolute atomic E-state index is 13.1. The van der Waals surface area contributed by atoms with Gasteiger partial charge < -0.3 is 10.6 Å². The second-order valence-corrected chi connectivity index (χ2v) is 5.30. The summed E-state index contributed by atoms with van der Waals surface area (Å²) in [5.74, 6) is 0.453. The number of rotatable bonds is 5. The van der Waals surface area contributed by atoms with Gasteiger partial charge in [0.1, 0.15) is 5.82 Å². The molecule has 2 N–H and O–H groups in total. The van der Waals surface area contributed by atoms with Crippen molar-refractivity contribution < 1.29 is 4.39 Å². The van der Waals surface area contributed by atoms with E-state index in [1.807, 2.05) is 30.3 Å². The first-order valence-corrected chi connectivity index (χ1v) is 7.48. The maximum Gasteiger partial charge on any atom is 0.191 e. The molecular weight excluding hydrogens is 301 g/mol. The standard InChI is InChI=1S/C17H19ClFN3/c1-20-17(22-12-14-5-3-7-16(19)11-14)21-9-8-13-4-2-6-15(18)10-13/h2-7,10-11H,8-9,12H2,1H3,(H2,20,21,22). The van der Waals surface area contributed by atoms with Crippen LogP contribution < -0.4 is 10.6 Å². The number of benzene rings is 2. The number of hydrogen-bond acceptors (Lipinski definition) is 1. The Bertz CT molecular complexity index is 643. The lowest BCUT2D eigenvalue weighted by Crippen LogP contribution is -2.37. The lowest BCUT2D eigenvalue weighted by molar-refractivity contribution is 0.624. The fraction of sp³-hybridized carbons (Fsp3) is 0.235. The van der Waals surface area contributed by atoms with Crippen LogP contribution in [0.25, 0.3) is 0 Å². The van der Waals surface area contributed by atoms with Crippen molar-refractivity contribution in [3.63, 3.8) is 0 Å². The summed E-state index contributed by atoms with van der Waals surface area (Å²) in [7, 11) is 1.71. The monoisotopic (exact) mass is 319 g/mol. The van der Waals surface area contributed by atoms with Crippen LogP contribution in [-0.4, -0.2) is 19.6 Å². The number of hydrogen-bond donors (Lipinski definition) is 2. The van der Waals surface area contributed by atoms with E-state index < -0.39 is 0 Å². The minimum atomic E-state index is -0.233. The Morgan fingerprint density at radius 2 is 1.86 bits per heavy atom. The topological polar surface area (TPSA) is 36.4 Å². The smallest absolute Gasteiger partial charge is 0.191 e. The average molecular weight is 320 g/mol. The number of halogens is 2. The van der Waals surface area contributed by atoms with Crippen LogP contribution in [0.3, 0.4) is 0 Å². The van der Waals surface area contributed by atoms with Crippen molar-refractivity contribution in [3.05, 3.63) is 70.5 Å². The minimum Gasteiger partial charge on any atom is -0.356 e. The lowest BCUT2D eigenvalue weighted by Gasteiger charge is -2.12. The average Bonchev–Trinajstić information content (AvgIpc) is 2.51. The van der Waals surface area contributed by atoms with Gasteiger partial charge in [-0.3, -0.25) is 4.99 Å². The summed E-state index contributed by atoms with van der Waals surface area (Å²) < 4.78 is 13.1. The van der Waals surface area contributed by atoms with E-state index in [2.05, 4.69) is 15.6 Å². The second-order valence-electron chi connectivity index (χ2n) is 4.86. The van der Waals surface area contributed by atoms with Gasteiger partial charge in [-0.25, -0.2) is 4.39 Å². The SMILES string of the molecule is CN=C(NCCc1cccc(Cl)c1)NCc1cccc(F)c1. The summed E-state index contributed by atoms with van der Waals surface area (Å²) in [6.45, 7) is 1.26. The zero-order chi connectivity index (χ0) is 15.8. The Hall–Kier alpha value is -2.07. The van der Waals surface area contributed by atoms with Gasteiger partial charge in [-0.05, 0) is 41.8 Å². The van der Waals surface area contributed by atoms with E-state index in [1.54, 1.807) is 13.1 Å². The van der Waals surface area contributed by atoms with Crippen molar-refractivity contribution >= 4 is 17.6 Å². The number of nitrogens with zero attached hydrogens (tertiary/aromatic N) is 1. The van der Waals surface area contributed by atoms with E-state index in [-0.39, 0.29) is 5.82 Å². The third-order valence-electron chi connectivity index (χ3n) is 3.17. The van der Waals surface area contributed by atoms with Crippen molar-refractivity contribution in [3.8, 4) is 0 Å². The van der Waals surface area contributed by atoms with Gasteiger partial charge in [-0.1, -0.05) is 35.9 Å². The van der Waals surface area contributed by atoms with Crippen LogP contribution in [0.2, 0.25) is 5.02 Å². The zero-order valence-electron chi connectivity index (χ0n) is 12.4. The first kappa shape index (κ1) is 16.3. The molecule has 22 heavy (non-hydrogen) atoms. The molecule has 0 unspecified atom stereocenters. The van der Waals surface area contributed by atoms with Gasteiger partial charge in [0.2, 0.25) is 0 Å². The van der Waals surface area contributed by atoms with Gasteiger partial charge in [-0.2, -0.15) is 0 Å². The molecule has 0 radical (unpaired) electrons. The van der Waals surface area contributed by atoms with Crippen molar-refractivity contribution in [1.82, 2.24) is 10.6 Å². The summed E-state index contributed by atoms with van der Waals surface area (Å²) in [6.07, 6.45) is 0.848. The van der Waals surface area contributed by atoms with E-state index in [9.17, 15) is 4.39 Å². The third-order valence-corrected chi connectivity index (χ3v) is 3.40. The van der Waals surface area contributed by atoms with E-state index in [0.29, 0.717) is 12.5 Å². The summed E-state index contributed by atoms with van der Waals surface area (Å²) >= 11 is 5.96. The summed E-state index contributed by atoms with van der Waals surface area (Å²) in [5.41, 5.74) is 2.04. The van der Waals surface area contributed by atoms with E-state index in [1.165, 1.54) is 17.7 Å². The molecule has 2 rings (SSSR count). The molecule has 0 aliphatic rings. The molecule has 0 aliphatic heterocycles. The molecule has 2 aromatic carbocycles. The van der Waals surface area contributed by atoms with Gasteiger partial charge in [0.15, 0.2) is 5.96 Å². The van der Waals surface area contributed by atoms with Gasteiger partial charge >= 0.3 is 0 Å². The van der Waals surface area contributed by atoms with Gasteiger partial charge in [0, 0.05) is 25.2 Å². The molecule has 0 spiro atoms. The number of aliphatic imine (C=N–C) groups is 1. The summed E-state index contributed by atoms with van der Waals surface area (Å²) in [5, 5.41) is 7.12. The Morgan fingerprint density at radius 3 is 2.59 bits per heavy atom. The van der Waals surface area contributed by atoms with Gasteiger partial charge in [0.25, 0.3) is 0 Å². The summed E-state index contributed by atoms with van der Waals surface area (Å²) in [6, 6.07) is 14.3. The van der Waals surface area contributed by atoms with Crippen molar-refractivity contribution in [1.29, 1.82) is 0 Å². The van der Waals surface area contributed by atoms with Crippen molar-refractivity contribution in [2.45, 2.75) is 13.0 Å². The minimum absolute atomic E-state index is 0.233. The van der Waals surface area contributed by atoms with Crippen molar-refractivity contribution in [2.75, 3.05) is 13.6 Å². The molecule has 0 atom stereocenters. The Morgan fingerprint density at radius 1 is 1.09 bits per heavy atom. The molecule has 0 heterocycles. The fourth-order valence-corrected chi connectivity index (χ4v) is 2.28. The first-order chi connectivity index (χ1) is 10.7. The third kappa shape index (κ3) is 5.37. The lowest BCUT2D eigenvalue weighted by atomic mass is 10.1. The number of nitrogens with one attached hydrogen (secondary N) is 2. The van der Waals surface area contributed by atoms with E-state index in [4.69, 9.17) is 11.6 Å². The molecule has 3 nitrogen and oxygen atoms in total. The summed E-state index contributed by atoms with van der Waals surface area (Å²) in [4.78, 5) is 4.15. The van der Waals surface area contributed by atoms with Crippen LogP contribution in [0, 0.1) is 5.82 Å². The zero-order valence-corrected chi connectivity index (χ0v) is 13.2. The highest BCUT2D eigenvalue weighted by atomic mass is 35.5. The van der Waals surface area contributed by atoms with Gasteiger partial charge in [-0.15, -0.1) is 0 Å². The molecule has 2 aromatic rings. The Kier molecular flexibility index (Phi) is 6.22. The molecule has 0 amide bonds. The molecular formula is C17H19ClFN3. The highest BCUT2D eigenvalue weighted by Crippen LogP contribution is 2.10. The molecule has 116 valence electrons. The number of guanidine groups is 1.